The Morgan fingerprint density at radius 1 is 1.00 bits per heavy atom. The van der Waals surface area contributed by atoms with Crippen molar-refractivity contribution in [3.63, 3.8) is 0 Å². The maximum atomic E-state index is 10.9. The smallest absolute Gasteiger partial charge is 0.142 e. The third-order valence-corrected chi connectivity index (χ3v) is 12.2. The molecule has 4 heterocycles. The van der Waals surface area contributed by atoms with Gasteiger partial charge in [-0.05, 0) is 82.1 Å². The molecule has 228 valence electrons. The van der Waals surface area contributed by atoms with Gasteiger partial charge in [0.05, 0.1) is 31.2 Å². The minimum Gasteiger partial charge on any atom is -0.387 e. The molecule has 7 fully saturated rings. The van der Waals surface area contributed by atoms with Gasteiger partial charge in [0.15, 0.2) is 0 Å². The molecule has 11 heteroatoms. The fraction of sp³-hybridized carbons (Fsp3) is 1.00. The van der Waals surface area contributed by atoms with E-state index in [1.807, 2.05) is 0 Å². The molecule has 4 saturated heterocycles. The van der Waals surface area contributed by atoms with Gasteiger partial charge in [-0.3, -0.25) is 26.6 Å². The van der Waals surface area contributed by atoms with Crippen LogP contribution >= 0.6 is 0 Å². The molecule has 4 aliphatic heterocycles. The summed E-state index contributed by atoms with van der Waals surface area (Å²) in [6.07, 6.45) is 10.8. The highest BCUT2D eigenvalue weighted by atomic mass is 16.6. The monoisotopic (exact) mass is 562 g/mol. The van der Waals surface area contributed by atoms with Gasteiger partial charge in [0, 0.05) is 31.3 Å². The molecular weight excluding hydrogens is 508 g/mol. The molecule has 11 nitrogen and oxygen atoms in total. The highest BCUT2D eigenvalue weighted by Crippen LogP contribution is 2.52. The number of aliphatic hydroxyl groups excluding tert-OH is 2. The van der Waals surface area contributed by atoms with Crippen LogP contribution in [-0.2, 0) is 4.74 Å². The number of hydrogen-bond donors (Lipinski definition) is 8. The number of fused-ring (bicyclic) bond motifs is 2. The number of aliphatic hydroxyl groups is 2. The summed E-state index contributed by atoms with van der Waals surface area (Å²) in [6, 6.07) is 1.89. The first-order valence-electron chi connectivity index (χ1n) is 16.2. The second kappa shape index (κ2) is 11.2. The second-order valence-electron chi connectivity index (χ2n) is 14.6. The van der Waals surface area contributed by atoms with Crippen molar-refractivity contribution in [2.45, 2.75) is 138 Å². The van der Waals surface area contributed by atoms with E-state index >= 15 is 0 Å². The van der Waals surface area contributed by atoms with Gasteiger partial charge in [-0.25, -0.2) is 4.90 Å². The van der Waals surface area contributed by atoms with Gasteiger partial charge < -0.3 is 25.6 Å². The minimum absolute atomic E-state index is 0.0294. The SMILES string of the molecule is CN(C[C@H]1OC(N2CNC3C(N)NCNC32)[C@H](O)[C@@H]1O)C1CC(CCC2NC3CCC(C4(C)CCC4)CC3N2)C1. The topological polar surface area (TPSA) is 142 Å². The highest BCUT2D eigenvalue weighted by molar-refractivity contribution is 5.04. The lowest BCUT2D eigenvalue weighted by atomic mass is 9.58. The van der Waals surface area contributed by atoms with Crippen molar-refractivity contribution < 1.29 is 14.9 Å². The minimum atomic E-state index is -0.942. The molecule has 0 spiro atoms. The van der Waals surface area contributed by atoms with Crippen LogP contribution in [-0.4, -0.2) is 114 Å². The summed E-state index contributed by atoms with van der Waals surface area (Å²) in [5, 5.41) is 39.7. The van der Waals surface area contributed by atoms with E-state index in [9.17, 15) is 10.2 Å². The van der Waals surface area contributed by atoms with Gasteiger partial charge in [0.2, 0.25) is 0 Å². The number of ether oxygens (including phenoxy) is 1. The lowest BCUT2D eigenvalue weighted by Gasteiger charge is -2.48. The zero-order valence-corrected chi connectivity index (χ0v) is 24.5. The van der Waals surface area contributed by atoms with Crippen molar-refractivity contribution in [1.29, 1.82) is 0 Å². The molecule has 0 bridgehead atoms. The molecule has 7 rings (SSSR count). The van der Waals surface area contributed by atoms with E-state index < -0.39 is 24.5 Å². The summed E-state index contributed by atoms with van der Waals surface area (Å²) >= 11 is 0. The molecule has 0 radical (unpaired) electrons. The predicted molar refractivity (Wildman–Crippen MR) is 153 cm³/mol. The molecule has 0 aromatic heterocycles. The van der Waals surface area contributed by atoms with E-state index in [2.05, 4.69) is 50.4 Å². The number of hydrogen-bond acceptors (Lipinski definition) is 11. The molecule has 0 aromatic carbocycles. The van der Waals surface area contributed by atoms with E-state index in [0.29, 0.717) is 49.6 Å². The van der Waals surface area contributed by atoms with Crippen molar-refractivity contribution in [2.24, 2.45) is 23.0 Å². The van der Waals surface area contributed by atoms with E-state index in [1.165, 1.54) is 64.2 Å². The van der Waals surface area contributed by atoms with E-state index in [1.54, 1.807) is 0 Å². The molecule has 0 aromatic rings. The van der Waals surface area contributed by atoms with Crippen LogP contribution in [0.2, 0.25) is 0 Å². The van der Waals surface area contributed by atoms with Crippen LogP contribution in [0.5, 0.6) is 0 Å². The Morgan fingerprint density at radius 3 is 2.58 bits per heavy atom. The summed E-state index contributed by atoms with van der Waals surface area (Å²) in [5.74, 6) is 1.69. The maximum Gasteiger partial charge on any atom is 0.142 e. The third kappa shape index (κ3) is 5.17. The van der Waals surface area contributed by atoms with Crippen molar-refractivity contribution in [3.8, 4) is 0 Å². The third-order valence-electron chi connectivity index (χ3n) is 12.2. The first-order chi connectivity index (χ1) is 19.3. The van der Waals surface area contributed by atoms with Gasteiger partial charge in [-0.15, -0.1) is 0 Å². The van der Waals surface area contributed by atoms with Crippen molar-refractivity contribution in [2.75, 3.05) is 26.9 Å². The van der Waals surface area contributed by atoms with Crippen LogP contribution in [0.1, 0.15) is 71.1 Å². The molecular formula is C29H54N8O3. The molecule has 7 aliphatic rings. The Labute approximate surface area is 239 Å². The summed E-state index contributed by atoms with van der Waals surface area (Å²) in [7, 11) is 2.14. The van der Waals surface area contributed by atoms with Crippen LogP contribution in [0.15, 0.2) is 0 Å². The summed E-state index contributed by atoms with van der Waals surface area (Å²) in [6.45, 7) is 4.33. The van der Waals surface area contributed by atoms with Crippen LogP contribution in [0.4, 0.5) is 0 Å². The normalized spacial score (nSPS) is 50.4. The van der Waals surface area contributed by atoms with Gasteiger partial charge in [0.25, 0.3) is 0 Å². The molecule has 3 aliphatic carbocycles. The summed E-state index contributed by atoms with van der Waals surface area (Å²) < 4.78 is 6.30. The van der Waals surface area contributed by atoms with Gasteiger partial charge >= 0.3 is 0 Å². The molecule has 40 heavy (non-hydrogen) atoms. The van der Waals surface area contributed by atoms with Gasteiger partial charge in [0.1, 0.15) is 24.5 Å². The van der Waals surface area contributed by atoms with Crippen LogP contribution < -0.4 is 32.3 Å². The van der Waals surface area contributed by atoms with Crippen LogP contribution in [0.25, 0.3) is 0 Å². The van der Waals surface area contributed by atoms with Crippen molar-refractivity contribution >= 4 is 0 Å². The predicted octanol–water partition coefficient (Wildman–Crippen LogP) is -0.837. The highest BCUT2D eigenvalue weighted by Gasteiger charge is 2.52. The lowest BCUT2D eigenvalue weighted by molar-refractivity contribution is -0.108. The summed E-state index contributed by atoms with van der Waals surface area (Å²) in [4.78, 5) is 4.40. The van der Waals surface area contributed by atoms with Crippen molar-refractivity contribution in [1.82, 2.24) is 36.4 Å². The first kappa shape index (κ1) is 28.3. The molecule has 9 N–H and O–H groups in total. The van der Waals surface area contributed by atoms with Crippen LogP contribution in [0.3, 0.4) is 0 Å². The van der Waals surface area contributed by atoms with E-state index in [-0.39, 0.29) is 18.4 Å². The Balaban J connectivity index is 0.832. The van der Waals surface area contributed by atoms with Gasteiger partial charge in [-0.1, -0.05) is 13.3 Å². The summed E-state index contributed by atoms with van der Waals surface area (Å²) in [5.41, 5.74) is 6.83. The number of nitrogens with one attached hydrogen (secondary N) is 5. The number of nitrogens with two attached hydrogens (primary N) is 1. The fourth-order valence-corrected chi connectivity index (χ4v) is 9.20. The molecule has 0 amide bonds. The first-order valence-corrected chi connectivity index (χ1v) is 16.2. The Morgan fingerprint density at radius 2 is 1.80 bits per heavy atom. The van der Waals surface area contributed by atoms with E-state index in [0.717, 1.165) is 11.8 Å². The molecule has 3 saturated carbocycles. The van der Waals surface area contributed by atoms with Gasteiger partial charge in [-0.2, -0.15) is 0 Å². The van der Waals surface area contributed by atoms with Crippen molar-refractivity contribution in [3.05, 3.63) is 0 Å². The second-order valence-corrected chi connectivity index (χ2v) is 14.6. The fourth-order valence-electron chi connectivity index (χ4n) is 9.20. The number of likely N-dealkylation sites (N-methyl/N-ethyl adjacent to an activating group) is 1. The standard InChI is InChI=1S/C29H54N8O3/c1-29(8-3-9-29)17-5-6-19-20(12-17)35-22(34-19)7-4-16-10-18(11-16)36(2)13-21-24(38)25(39)28(40-21)37-15-33-23-26(30)31-14-32-27(23)37/h16-28,31-35,38-39H,3-15,30H2,1-2H3/t16?,17?,18?,19?,20?,21-,22?,23?,24-,25-,26?,27?,28?/m1/s1. The Hall–Kier alpha value is -0.440. The Kier molecular flexibility index (Phi) is 7.96. The quantitative estimate of drug-likeness (QED) is 0.188. The Bertz CT molecular complexity index is 889. The maximum absolute atomic E-state index is 10.9. The molecule has 11 atom stereocenters. The molecule has 8 unspecified atom stereocenters. The largest absolute Gasteiger partial charge is 0.387 e. The number of nitrogens with zero attached hydrogens (tertiary/aromatic N) is 2. The average Bonchev–Trinajstić information content (AvgIpc) is 3.58. The zero-order chi connectivity index (χ0) is 27.6. The van der Waals surface area contributed by atoms with E-state index in [4.69, 9.17) is 10.5 Å². The number of rotatable bonds is 8. The van der Waals surface area contributed by atoms with Crippen LogP contribution in [0, 0.1) is 17.3 Å². The average molecular weight is 563 g/mol. The lowest BCUT2D eigenvalue weighted by Crippen LogP contribution is -2.68. The zero-order valence-electron chi connectivity index (χ0n) is 24.5.